The molecule has 0 saturated heterocycles. The summed E-state index contributed by atoms with van der Waals surface area (Å²) in [5.41, 5.74) is 2.56. The lowest BCUT2D eigenvalue weighted by molar-refractivity contribution is -0.116. The molecule has 4 rings (SSSR count). The Morgan fingerprint density at radius 3 is 2.52 bits per heavy atom. The number of para-hydroxylation sites is 1. The van der Waals surface area contributed by atoms with Crippen molar-refractivity contribution in [3.05, 3.63) is 77.2 Å². The first kappa shape index (κ1) is 17.4. The maximum atomic E-state index is 12.4. The molecule has 136 valence electrons. The van der Waals surface area contributed by atoms with Crippen molar-refractivity contribution in [2.75, 3.05) is 16.4 Å². The van der Waals surface area contributed by atoms with Crippen LogP contribution in [0.4, 0.5) is 17.1 Å². The molecule has 1 aliphatic rings. The number of thioether (sulfide) groups is 1. The molecule has 1 aromatic heterocycles. The van der Waals surface area contributed by atoms with E-state index in [9.17, 15) is 9.59 Å². The number of carbonyl (C=O) groups excluding carboxylic acids is 1. The van der Waals surface area contributed by atoms with Gasteiger partial charge in [0.25, 0.3) is 5.56 Å². The van der Waals surface area contributed by atoms with Gasteiger partial charge in [0.05, 0.1) is 6.04 Å². The molecule has 6 nitrogen and oxygen atoms in total. The van der Waals surface area contributed by atoms with Gasteiger partial charge in [0.1, 0.15) is 0 Å². The highest BCUT2D eigenvalue weighted by Crippen LogP contribution is 2.31. The van der Waals surface area contributed by atoms with Gasteiger partial charge in [-0.1, -0.05) is 30.0 Å². The lowest BCUT2D eigenvalue weighted by atomic mass is 10.2. The van der Waals surface area contributed by atoms with E-state index in [2.05, 4.69) is 15.6 Å². The minimum atomic E-state index is -0.162. The monoisotopic (exact) mass is 378 g/mol. The van der Waals surface area contributed by atoms with Gasteiger partial charge in [-0.25, -0.2) is 4.98 Å². The third kappa shape index (κ3) is 4.03. The van der Waals surface area contributed by atoms with Gasteiger partial charge in [-0.3, -0.25) is 14.2 Å². The Morgan fingerprint density at radius 2 is 1.74 bits per heavy atom. The molecule has 2 heterocycles. The predicted molar refractivity (Wildman–Crippen MR) is 108 cm³/mol. The van der Waals surface area contributed by atoms with Crippen molar-refractivity contribution >= 4 is 34.7 Å². The zero-order valence-electron chi connectivity index (χ0n) is 14.5. The molecule has 0 saturated carbocycles. The number of hydrogen-bond donors (Lipinski definition) is 2. The number of fused-ring (bicyclic) bond motifs is 1. The summed E-state index contributed by atoms with van der Waals surface area (Å²) in [5.74, 6) is 0.563. The minimum absolute atomic E-state index is 0.112. The molecule has 0 radical (unpaired) electrons. The smallest absolute Gasteiger partial charge is 0.254 e. The van der Waals surface area contributed by atoms with Crippen LogP contribution in [0.2, 0.25) is 0 Å². The van der Waals surface area contributed by atoms with Crippen LogP contribution < -0.4 is 16.2 Å². The fourth-order valence-corrected chi connectivity index (χ4v) is 4.11. The predicted octanol–water partition coefficient (Wildman–Crippen LogP) is 3.66. The van der Waals surface area contributed by atoms with Crippen LogP contribution in [0.25, 0.3) is 0 Å². The molecular weight excluding hydrogens is 360 g/mol. The van der Waals surface area contributed by atoms with Gasteiger partial charge >= 0.3 is 0 Å². The molecule has 7 heteroatoms. The van der Waals surface area contributed by atoms with E-state index in [0.29, 0.717) is 10.9 Å². The van der Waals surface area contributed by atoms with Gasteiger partial charge in [-0.15, -0.1) is 0 Å². The van der Waals surface area contributed by atoms with Crippen LogP contribution in [0.5, 0.6) is 0 Å². The quantitative estimate of drug-likeness (QED) is 0.663. The molecule has 0 spiro atoms. The topological polar surface area (TPSA) is 76.0 Å². The van der Waals surface area contributed by atoms with Crippen LogP contribution >= 0.6 is 11.8 Å². The lowest BCUT2D eigenvalue weighted by Crippen LogP contribution is -2.26. The van der Waals surface area contributed by atoms with Crippen LogP contribution in [0.15, 0.2) is 76.8 Å². The van der Waals surface area contributed by atoms with Crippen molar-refractivity contribution in [1.82, 2.24) is 9.55 Å². The maximum Gasteiger partial charge on any atom is 0.254 e. The van der Waals surface area contributed by atoms with Gasteiger partial charge in [-0.05, 0) is 36.4 Å². The molecule has 27 heavy (non-hydrogen) atoms. The second kappa shape index (κ2) is 7.67. The van der Waals surface area contributed by atoms with Gasteiger partial charge < -0.3 is 10.6 Å². The number of aromatic nitrogens is 2. The normalized spacial score (nSPS) is 15.2. The van der Waals surface area contributed by atoms with Crippen molar-refractivity contribution in [2.24, 2.45) is 0 Å². The van der Waals surface area contributed by atoms with Gasteiger partial charge in [0, 0.05) is 41.5 Å². The van der Waals surface area contributed by atoms with E-state index in [0.717, 1.165) is 17.1 Å². The Balaban J connectivity index is 1.37. The lowest BCUT2D eigenvalue weighted by Gasteiger charge is -2.13. The number of amides is 1. The molecule has 2 N–H and O–H groups in total. The van der Waals surface area contributed by atoms with Crippen LogP contribution in [0.1, 0.15) is 12.5 Å². The largest absolute Gasteiger partial charge is 0.356 e. The Bertz CT molecular complexity index is 1000. The van der Waals surface area contributed by atoms with E-state index < -0.39 is 0 Å². The van der Waals surface area contributed by atoms with Crippen molar-refractivity contribution < 1.29 is 4.79 Å². The van der Waals surface area contributed by atoms with Crippen molar-refractivity contribution in [1.29, 1.82) is 0 Å². The number of nitrogens with zero attached hydrogens (tertiary/aromatic N) is 2. The number of rotatable bonds is 5. The van der Waals surface area contributed by atoms with Crippen molar-refractivity contribution in [3.8, 4) is 0 Å². The average Bonchev–Trinajstić information content (AvgIpc) is 3.08. The molecule has 0 bridgehead atoms. The van der Waals surface area contributed by atoms with Crippen molar-refractivity contribution in [2.45, 2.75) is 17.6 Å². The fourth-order valence-electron chi connectivity index (χ4n) is 2.99. The number of carbonyl (C=O) groups is 1. The molecule has 2 aromatic carbocycles. The van der Waals surface area contributed by atoms with Gasteiger partial charge in [0.2, 0.25) is 5.91 Å². The zero-order valence-corrected chi connectivity index (χ0v) is 15.3. The Hall–Kier alpha value is -3.06. The van der Waals surface area contributed by atoms with Crippen LogP contribution in [-0.4, -0.2) is 21.2 Å². The highest BCUT2D eigenvalue weighted by molar-refractivity contribution is 7.99. The first-order chi connectivity index (χ1) is 13.2. The number of hydrogen-bond acceptors (Lipinski definition) is 5. The number of anilines is 3. The summed E-state index contributed by atoms with van der Waals surface area (Å²) in [6.07, 6.45) is 1.75. The second-order valence-corrected chi connectivity index (χ2v) is 7.21. The maximum absolute atomic E-state index is 12.4. The van der Waals surface area contributed by atoms with E-state index >= 15 is 0 Å². The highest BCUT2D eigenvalue weighted by Gasteiger charge is 2.26. The molecule has 1 aliphatic heterocycles. The minimum Gasteiger partial charge on any atom is -0.356 e. The first-order valence-corrected chi connectivity index (χ1v) is 9.60. The summed E-state index contributed by atoms with van der Waals surface area (Å²) >= 11 is 1.50. The fraction of sp³-hybridized carbons (Fsp3) is 0.150. The molecule has 1 amide bonds. The summed E-state index contributed by atoms with van der Waals surface area (Å²) in [4.78, 5) is 28.6. The van der Waals surface area contributed by atoms with E-state index in [-0.39, 0.29) is 23.9 Å². The molecule has 1 atom stereocenters. The summed E-state index contributed by atoms with van der Waals surface area (Å²) in [6.45, 7) is 0. The molecule has 0 fully saturated rings. The van der Waals surface area contributed by atoms with Crippen molar-refractivity contribution in [3.63, 3.8) is 0 Å². The second-order valence-electron chi connectivity index (χ2n) is 6.22. The summed E-state index contributed by atoms with van der Waals surface area (Å²) in [6, 6.07) is 18.7. The number of nitrogens with one attached hydrogen (secondary N) is 2. The zero-order chi connectivity index (χ0) is 18.6. The van der Waals surface area contributed by atoms with Crippen LogP contribution in [-0.2, 0) is 4.79 Å². The Morgan fingerprint density at radius 1 is 1.04 bits per heavy atom. The molecular formula is C20H18N4O2S. The third-order valence-electron chi connectivity index (χ3n) is 4.27. The summed E-state index contributed by atoms with van der Waals surface area (Å²) < 4.78 is 1.61. The summed E-state index contributed by atoms with van der Waals surface area (Å²) in [5, 5.41) is 6.88. The van der Waals surface area contributed by atoms with Crippen LogP contribution in [0, 0.1) is 0 Å². The summed E-state index contributed by atoms with van der Waals surface area (Å²) in [7, 11) is 0. The van der Waals surface area contributed by atoms with E-state index in [1.807, 2.05) is 54.6 Å². The van der Waals surface area contributed by atoms with Gasteiger partial charge in [0.15, 0.2) is 5.16 Å². The molecule has 0 unspecified atom stereocenters. The molecule has 3 aromatic rings. The van der Waals surface area contributed by atoms with Gasteiger partial charge in [-0.2, -0.15) is 0 Å². The Kier molecular flexibility index (Phi) is 4.93. The molecule has 0 aliphatic carbocycles. The van der Waals surface area contributed by atoms with Crippen LogP contribution in [0.3, 0.4) is 0 Å². The van der Waals surface area contributed by atoms with E-state index in [1.165, 1.54) is 24.0 Å². The average molecular weight is 378 g/mol. The number of benzene rings is 2. The Labute approximate surface area is 160 Å². The highest BCUT2D eigenvalue weighted by atomic mass is 32.2. The first-order valence-electron chi connectivity index (χ1n) is 8.61. The van der Waals surface area contributed by atoms with E-state index in [1.54, 1.807) is 4.57 Å². The SMILES string of the molecule is O=C(C[C@@H]1CSc2nccc(=O)n21)Nc1ccc(Nc2ccccc2)cc1. The van der Waals surface area contributed by atoms with E-state index in [4.69, 9.17) is 0 Å². The standard InChI is InChI=1S/C20H18N4O2S/c25-18(12-17-13-27-20-21-11-10-19(26)24(17)20)23-16-8-6-15(7-9-16)22-14-4-2-1-3-5-14/h1-11,17,22H,12-13H2,(H,23,25)/t17-/m1/s1. The third-order valence-corrected chi connectivity index (χ3v) is 5.38.